The molecule has 0 amide bonds. The Kier molecular flexibility index (Phi) is 4.46. The summed E-state index contributed by atoms with van der Waals surface area (Å²) in [5.41, 5.74) is 5.52. The molecule has 0 bridgehead atoms. The standard InChI is InChI=1S/C18H22O2/c1-12-5-9-16(10-6-12)17(19)11-20-18-14(3)8-7-13(2)15(18)4/h5-10,17,19H,11H2,1-4H3. The second-order valence-electron chi connectivity index (χ2n) is 5.39. The normalized spacial score (nSPS) is 12.2. The molecule has 2 heteroatoms. The lowest BCUT2D eigenvalue weighted by Crippen LogP contribution is -2.11. The van der Waals surface area contributed by atoms with Gasteiger partial charge < -0.3 is 9.84 Å². The summed E-state index contributed by atoms with van der Waals surface area (Å²) in [5.74, 6) is 0.885. The predicted octanol–water partition coefficient (Wildman–Crippen LogP) is 4.03. The Morgan fingerprint density at radius 3 is 2.15 bits per heavy atom. The number of aryl methyl sites for hydroxylation is 3. The number of hydrogen-bond donors (Lipinski definition) is 1. The van der Waals surface area contributed by atoms with Crippen molar-refractivity contribution in [3.05, 3.63) is 64.2 Å². The van der Waals surface area contributed by atoms with Gasteiger partial charge in [0.15, 0.2) is 0 Å². The summed E-state index contributed by atoms with van der Waals surface area (Å²) in [6, 6.07) is 12.0. The van der Waals surface area contributed by atoms with Gasteiger partial charge >= 0.3 is 0 Å². The summed E-state index contributed by atoms with van der Waals surface area (Å²) >= 11 is 0. The Bertz CT molecular complexity index is 585. The third-order valence-corrected chi connectivity index (χ3v) is 3.72. The molecule has 1 N–H and O–H groups in total. The van der Waals surface area contributed by atoms with Crippen molar-refractivity contribution < 1.29 is 9.84 Å². The van der Waals surface area contributed by atoms with E-state index in [0.717, 1.165) is 22.4 Å². The van der Waals surface area contributed by atoms with E-state index in [9.17, 15) is 5.11 Å². The van der Waals surface area contributed by atoms with Gasteiger partial charge in [0.05, 0.1) is 0 Å². The Balaban J connectivity index is 2.09. The van der Waals surface area contributed by atoms with E-state index in [4.69, 9.17) is 4.74 Å². The molecule has 20 heavy (non-hydrogen) atoms. The van der Waals surface area contributed by atoms with Gasteiger partial charge in [0.25, 0.3) is 0 Å². The molecule has 0 aliphatic carbocycles. The average Bonchev–Trinajstić information content (AvgIpc) is 2.43. The summed E-state index contributed by atoms with van der Waals surface area (Å²) in [6.07, 6.45) is -0.602. The summed E-state index contributed by atoms with van der Waals surface area (Å²) < 4.78 is 5.84. The van der Waals surface area contributed by atoms with Crippen molar-refractivity contribution in [3.8, 4) is 5.75 Å². The second-order valence-corrected chi connectivity index (χ2v) is 5.39. The molecule has 0 radical (unpaired) electrons. The molecular formula is C18H22O2. The molecule has 0 aliphatic rings. The zero-order valence-electron chi connectivity index (χ0n) is 12.6. The van der Waals surface area contributed by atoms with E-state index in [1.54, 1.807) is 0 Å². The minimum Gasteiger partial charge on any atom is -0.490 e. The monoisotopic (exact) mass is 270 g/mol. The lowest BCUT2D eigenvalue weighted by atomic mass is 10.1. The largest absolute Gasteiger partial charge is 0.490 e. The minimum atomic E-state index is -0.602. The van der Waals surface area contributed by atoms with E-state index in [1.165, 1.54) is 11.1 Å². The maximum atomic E-state index is 10.2. The molecule has 0 spiro atoms. The lowest BCUT2D eigenvalue weighted by molar-refractivity contribution is 0.107. The third-order valence-electron chi connectivity index (χ3n) is 3.72. The van der Waals surface area contributed by atoms with Crippen molar-refractivity contribution in [2.75, 3.05) is 6.61 Å². The van der Waals surface area contributed by atoms with Crippen LogP contribution in [0.4, 0.5) is 0 Å². The first-order valence-corrected chi connectivity index (χ1v) is 6.93. The fourth-order valence-corrected chi connectivity index (χ4v) is 2.19. The van der Waals surface area contributed by atoms with Crippen LogP contribution in [0, 0.1) is 27.7 Å². The summed E-state index contributed by atoms with van der Waals surface area (Å²) in [7, 11) is 0. The van der Waals surface area contributed by atoms with E-state index >= 15 is 0 Å². The van der Waals surface area contributed by atoms with Crippen LogP contribution in [0.3, 0.4) is 0 Å². The number of rotatable bonds is 4. The van der Waals surface area contributed by atoms with Crippen LogP contribution in [0.1, 0.15) is 33.9 Å². The number of aliphatic hydroxyl groups is 1. The molecule has 2 nitrogen and oxygen atoms in total. The van der Waals surface area contributed by atoms with Crippen molar-refractivity contribution in [2.24, 2.45) is 0 Å². The molecule has 106 valence electrons. The van der Waals surface area contributed by atoms with Crippen molar-refractivity contribution >= 4 is 0 Å². The van der Waals surface area contributed by atoms with E-state index in [-0.39, 0.29) is 6.61 Å². The smallest absolute Gasteiger partial charge is 0.125 e. The highest BCUT2D eigenvalue weighted by molar-refractivity contribution is 5.44. The summed E-state index contributed by atoms with van der Waals surface area (Å²) in [4.78, 5) is 0. The zero-order chi connectivity index (χ0) is 14.7. The van der Waals surface area contributed by atoms with Crippen LogP contribution in [0.5, 0.6) is 5.75 Å². The van der Waals surface area contributed by atoms with Gasteiger partial charge in [-0.05, 0) is 49.9 Å². The first-order chi connectivity index (χ1) is 9.49. The Labute approximate surface area is 121 Å². The maximum Gasteiger partial charge on any atom is 0.125 e. The highest BCUT2D eigenvalue weighted by atomic mass is 16.5. The molecule has 2 rings (SSSR count). The van der Waals surface area contributed by atoms with Crippen LogP contribution in [0.25, 0.3) is 0 Å². The fourth-order valence-electron chi connectivity index (χ4n) is 2.19. The highest BCUT2D eigenvalue weighted by Crippen LogP contribution is 2.27. The first-order valence-electron chi connectivity index (χ1n) is 6.93. The van der Waals surface area contributed by atoms with Gasteiger partial charge in [0, 0.05) is 0 Å². The Hall–Kier alpha value is -1.80. The molecule has 0 fully saturated rings. The number of benzene rings is 2. The quantitative estimate of drug-likeness (QED) is 0.908. The molecule has 2 aromatic rings. The van der Waals surface area contributed by atoms with E-state index in [1.807, 2.05) is 38.1 Å². The highest BCUT2D eigenvalue weighted by Gasteiger charge is 2.11. The van der Waals surface area contributed by atoms with Crippen molar-refractivity contribution in [3.63, 3.8) is 0 Å². The molecule has 1 atom stereocenters. The maximum absolute atomic E-state index is 10.2. The SMILES string of the molecule is Cc1ccc(C(O)COc2c(C)ccc(C)c2C)cc1. The molecule has 1 unspecified atom stereocenters. The van der Waals surface area contributed by atoms with Gasteiger partial charge in [0.2, 0.25) is 0 Å². The van der Waals surface area contributed by atoms with Crippen LogP contribution in [-0.2, 0) is 0 Å². The van der Waals surface area contributed by atoms with Gasteiger partial charge in [-0.25, -0.2) is 0 Å². The van der Waals surface area contributed by atoms with Crippen LogP contribution in [-0.4, -0.2) is 11.7 Å². The fraction of sp³-hybridized carbons (Fsp3) is 0.333. The van der Waals surface area contributed by atoms with E-state index in [0.29, 0.717) is 0 Å². The molecule has 0 heterocycles. The number of ether oxygens (including phenoxy) is 1. The van der Waals surface area contributed by atoms with Gasteiger partial charge in [-0.15, -0.1) is 0 Å². The zero-order valence-corrected chi connectivity index (χ0v) is 12.6. The van der Waals surface area contributed by atoms with Gasteiger partial charge in [-0.3, -0.25) is 0 Å². The van der Waals surface area contributed by atoms with E-state index in [2.05, 4.69) is 26.0 Å². The Morgan fingerprint density at radius 1 is 0.900 bits per heavy atom. The molecule has 0 aromatic heterocycles. The molecule has 0 aliphatic heterocycles. The number of hydrogen-bond acceptors (Lipinski definition) is 2. The van der Waals surface area contributed by atoms with Crippen LogP contribution in [0.2, 0.25) is 0 Å². The van der Waals surface area contributed by atoms with Crippen LogP contribution in [0.15, 0.2) is 36.4 Å². The second kappa shape index (κ2) is 6.10. The average molecular weight is 270 g/mol. The summed E-state index contributed by atoms with van der Waals surface area (Å²) in [6.45, 7) is 8.45. The van der Waals surface area contributed by atoms with Gasteiger partial charge in [-0.1, -0.05) is 42.0 Å². The minimum absolute atomic E-state index is 0.272. The predicted molar refractivity (Wildman–Crippen MR) is 82.3 cm³/mol. The topological polar surface area (TPSA) is 29.5 Å². The van der Waals surface area contributed by atoms with Gasteiger partial charge in [-0.2, -0.15) is 0 Å². The van der Waals surface area contributed by atoms with Crippen molar-refractivity contribution in [1.82, 2.24) is 0 Å². The molecule has 2 aromatic carbocycles. The molecule has 0 saturated carbocycles. The lowest BCUT2D eigenvalue weighted by Gasteiger charge is -2.17. The molecule has 0 saturated heterocycles. The Morgan fingerprint density at radius 2 is 1.50 bits per heavy atom. The number of aliphatic hydroxyl groups excluding tert-OH is 1. The first kappa shape index (κ1) is 14.6. The van der Waals surface area contributed by atoms with Crippen LogP contribution >= 0.6 is 0 Å². The summed E-state index contributed by atoms with van der Waals surface area (Å²) in [5, 5.41) is 10.2. The molecular weight excluding hydrogens is 248 g/mol. The van der Waals surface area contributed by atoms with E-state index < -0.39 is 6.10 Å². The van der Waals surface area contributed by atoms with Crippen molar-refractivity contribution in [1.29, 1.82) is 0 Å². The van der Waals surface area contributed by atoms with Gasteiger partial charge in [0.1, 0.15) is 18.5 Å². The third kappa shape index (κ3) is 3.20. The van der Waals surface area contributed by atoms with Crippen LogP contribution < -0.4 is 4.74 Å². The van der Waals surface area contributed by atoms with Crippen molar-refractivity contribution in [2.45, 2.75) is 33.8 Å².